The minimum Gasteiger partial charge on any atom is -0.465 e. The molecule has 4 aromatic rings. The summed E-state index contributed by atoms with van der Waals surface area (Å²) in [6.07, 6.45) is 3.88. The van der Waals surface area contributed by atoms with Crippen LogP contribution in [0.2, 0.25) is 5.02 Å². The Hall–Kier alpha value is -3.85. The van der Waals surface area contributed by atoms with E-state index in [1.165, 1.54) is 6.33 Å². The Morgan fingerprint density at radius 2 is 2.06 bits per heavy atom. The van der Waals surface area contributed by atoms with Crippen molar-refractivity contribution in [1.82, 2.24) is 24.8 Å². The molecule has 0 spiro atoms. The number of hydrogen-bond donors (Lipinski definition) is 3. The second-order valence-corrected chi connectivity index (χ2v) is 7.11. The molecule has 3 heterocycles. The molecule has 31 heavy (non-hydrogen) atoms. The Balaban J connectivity index is 1.54. The largest absolute Gasteiger partial charge is 0.465 e. The fraction of sp³-hybridized carbons (Fsp3) is 0.143. The number of carbonyl (C=O) groups is 1. The first-order valence-corrected chi connectivity index (χ1v) is 9.81. The van der Waals surface area contributed by atoms with Crippen LogP contribution in [-0.4, -0.2) is 37.3 Å². The molecule has 0 aliphatic rings. The van der Waals surface area contributed by atoms with Crippen molar-refractivity contribution < 1.29 is 14.6 Å². The van der Waals surface area contributed by atoms with Crippen LogP contribution >= 0.6 is 11.6 Å². The van der Waals surface area contributed by atoms with Gasteiger partial charge in [0.25, 0.3) is 0 Å². The number of amides is 1. The molecule has 0 bridgehead atoms. The highest BCUT2D eigenvalue weighted by Crippen LogP contribution is 2.33. The molecule has 0 saturated heterocycles. The van der Waals surface area contributed by atoms with Crippen LogP contribution < -0.4 is 15.4 Å². The molecule has 10 heteroatoms. The van der Waals surface area contributed by atoms with E-state index >= 15 is 0 Å². The number of rotatable bonds is 7. The molecule has 0 fully saturated rings. The number of nitrogens with one attached hydrogen (secondary N) is 2. The lowest BCUT2D eigenvalue weighted by Gasteiger charge is -2.12. The van der Waals surface area contributed by atoms with Crippen molar-refractivity contribution in [3.05, 3.63) is 65.8 Å². The lowest BCUT2D eigenvalue weighted by atomic mass is 10.3. The predicted octanol–water partition coefficient (Wildman–Crippen LogP) is 4.59. The number of anilines is 2. The molecule has 1 aromatic carbocycles. The standard InChI is InChI=1S/C21H19ClN6O3/c1-13-2-4-15(11-24-13)31-18-5-3-14(10-16(18)22)27-20-19-17(25-12-26-20)6-8-28(19)9-7-23-21(29)30/h2-6,8,10-12,23H,7,9H2,1H3,(H,29,30)(H,25,26,27). The third-order valence-corrected chi connectivity index (χ3v) is 4.78. The van der Waals surface area contributed by atoms with Gasteiger partial charge in [-0.25, -0.2) is 14.8 Å². The molecule has 0 radical (unpaired) electrons. The summed E-state index contributed by atoms with van der Waals surface area (Å²) in [6, 6.07) is 10.9. The topological polar surface area (TPSA) is 114 Å². The monoisotopic (exact) mass is 438 g/mol. The van der Waals surface area contributed by atoms with Crippen LogP contribution in [0.25, 0.3) is 11.0 Å². The van der Waals surface area contributed by atoms with Crippen molar-refractivity contribution in [2.24, 2.45) is 0 Å². The van der Waals surface area contributed by atoms with Gasteiger partial charge in [-0.15, -0.1) is 0 Å². The number of benzene rings is 1. The van der Waals surface area contributed by atoms with E-state index in [9.17, 15) is 4.79 Å². The highest BCUT2D eigenvalue weighted by molar-refractivity contribution is 6.32. The van der Waals surface area contributed by atoms with Crippen LogP contribution in [0, 0.1) is 6.92 Å². The van der Waals surface area contributed by atoms with Crippen LogP contribution in [0.1, 0.15) is 5.69 Å². The molecule has 0 saturated carbocycles. The third-order valence-electron chi connectivity index (χ3n) is 4.49. The molecule has 0 aliphatic heterocycles. The van der Waals surface area contributed by atoms with E-state index < -0.39 is 6.09 Å². The molecule has 0 atom stereocenters. The maximum atomic E-state index is 10.7. The van der Waals surface area contributed by atoms with Gasteiger partial charge in [0.1, 0.15) is 23.3 Å². The number of ether oxygens (including phenoxy) is 1. The number of carboxylic acid groups (broad SMARTS) is 1. The van der Waals surface area contributed by atoms with Crippen molar-refractivity contribution in [2.45, 2.75) is 13.5 Å². The zero-order valence-corrected chi connectivity index (χ0v) is 17.3. The molecule has 0 aliphatic carbocycles. The number of hydrogen-bond acceptors (Lipinski definition) is 6. The molecular formula is C21H19ClN6O3. The quantitative estimate of drug-likeness (QED) is 0.386. The minimum atomic E-state index is -1.07. The van der Waals surface area contributed by atoms with E-state index in [1.54, 1.807) is 18.3 Å². The molecule has 3 N–H and O–H groups in total. The molecule has 0 unspecified atom stereocenters. The number of nitrogens with zero attached hydrogens (tertiary/aromatic N) is 4. The summed E-state index contributed by atoms with van der Waals surface area (Å²) in [6.45, 7) is 2.61. The van der Waals surface area contributed by atoms with Crippen molar-refractivity contribution >= 4 is 40.2 Å². The summed E-state index contributed by atoms with van der Waals surface area (Å²) in [7, 11) is 0. The second kappa shape index (κ2) is 8.88. The smallest absolute Gasteiger partial charge is 0.404 e. The number of aromatic nitrogens is 4. The fourth-order valence-electron chi connectivity index (χ4n) is 3.03. The van der Waals surface area contributed by atoms with Crippen LogP contribution in [0.4, 0.5) is 16.3 Å². The van der Waals surface area contributed by atoms with Crippen molar-refractivity contribution in [1.29, 1.82) is 0 Å². The van der Waals surface area contributed by atoms with Crippen LogP contribution in [0.15, 0.2) is 55.1 Å². The SMILES string of the molecule is Cc1ccc(Oc2ccc(Nc3ncnc4ccn(CCNC(=O)O)c34)cc2Cl)cn1. The summed E-state index contributed by atoms with van der Waals surface area (Å²) in [5.74, 6) is 1.69. The number of fused-ring (bicyclic) bond motifs is 1. The Bertz CT molecular complexity index is 1230. The Kier molecular flexibility index (Phi) is 5.85. The van der Waals surface area contributed by atoms with Crippen LogP contribution in [0.5, 0.6) is 11.5 Å². The van der Waals surface area contributed by atoms with Gasteiger partial charge in [0, 0.05) is 30.7 Å². The Labute approximate surface area is 182 Å². The van der Waals surface area contributed by atoms with E-state index in [-0.39, 0.29) is 6.54 Å². The number of aryl methyl sites for hydroxylation is 1. The van der Waals surface area contributed by atoms with Gasteiger partial charge in [0.05, 0.1) is 16.7 Å². The maximum Gasteiger partial charge on any atom is 0.404 e. The Morgan fingerprint density at radius 1 is 1.19 bits per heavy atom. The summed E-state index contributed by atoms with van der Waals surface area (Å²) < 4.78 is 7.69. The van der Waals surface area contributed by atoms with E-state index in [0.29, 0.717) is 28.9 Å². The Morgan fingerprint density at radius 3 is 2.81 bits per heavy atom. The zero-order valence-electron chi connectivity index (χ0n) is 16.5. The normalized spacial score (nSPS) is 10.8. The van der Waals surface area contributed by atoms with Gasteiger partial charge in [0.2, 0.25) is 0 Å². The van der Waals surface area contributed by atoms with E-state index in [4.69, 9.17) is 21.4 Å². The van der Waals surface area contributed by atoms with Crippen LogP contribution in [0.3, 0.4) is 0 Å². The molecule has 4 rings (SSSR count). The lowest BCUT2D eigenvalue weighted by molar-refractivity contribution is 0.194. The van der Waals surface area contributed by atoms with E-state index in [0.717, 1.165) is 22.4 Å². The lowest BCUT2D eigenvalue weighted by Crippen LogP contribution is -2.25. The highest BCUT2D eigenvalue weighted by atomic mass is 35.5. The first-order chi connectivity index (χ1) is 15.0. The van der Waals surface area contributed by atoms with Gasteiger partial charge in [-0.3, -0.25) is 4.98 Å². The van der Waals surface area contributed by atoms with Gasteiger partial charge < -0.3 is 25.0 Å². The number of halogens is 1. The first-order valence-electron chi connectivity index (χ1n) is 9.43. The molecule has 3 aromatic heterocycles. The van der Waals surface area contributed by atoms with Crippen molar-refractivity contribution in [3.8, 4) is 11.5 Å². The summed E-state index contributed by atoms with van der Waals surface area (Å²) in [5, 5.41) is 14.8. The minimum absolute atomic E-state index is 0.263. The highest BCUT2D eigenvalue weighted by Gasteiger charge is 2.11. The third kappa shape index (κ3) is 4.84. The zero-order chi connectivity index (χ0) is 21.8. The molecule has 158 valence electrons. The molecule has 1 amide bonds. The van der Waals surface area contributed by atoms with Gasteiger partial charge >= 0.3 is 6.09 Å². The van der Waals surface area contributed by atoms with Gasteiger partial charge in [-0.2, -0.15) is 0 Å². The van der Waals surface area contributed by atoms with Gasteiger partial charge in [-0.05, 0) is 43.3 Å². The average molecular weight is 439 g/mol. The first kappa shape index (κ1) is 20.4. The van der Waals surface area contributed by atoms with E-state index in [2.05, 4.69) is 25.6 Å². The summed E-state index contributed by atoms with van der Waals surface area (Å²) in [5.41, 5.74) is 3.12. The van der Waals surface area contributed by atoms with Gasteiger partial charge in [-0.1, -0.05) is 11.6 Å². The second-order valence-electron chi connectivity index (χ2n) is 6.70. The van der Waals surface area contributed by atoms with Crippen molar-refractivity contribution in [2.75, 3.05) is 11.9 Å². The van der Waals surface area contributed by atoms with E-state index in [1.807, 2.05) is 42.0 Å². The summed E-state index contributed by atoms with van der Waals surface area (Å²) >= 11 is 6.42. The number of pyridine rings is 1. The predicted molar refractivity (Wildman–Crippen MR) is 117 cm³/mol. The molecular weight excluding hydrogens is 420 g/mol. The average Bonchev–Trinajstić information content (AvgIpc) is 3.15. The van der Waals surface area contributed by atoms with Crippen LogP contribution in [-0.2, 0) is 6.54 Å². The maximum absolute atomic E-state index is 10.7. The molecule has 9 nitrogen and oxygen atoms in total. The summed E-state index contributed by atoms with van der Waals surface area (Å²) in [4.78, 5) is 23.5. The fourth-order valence-corrected chi connectivity index (χ4v) is 3.25. The van der Waals surface area contributed by atoms with Gasteiger partial charge in [0.15, 0.2) is 5.82 Å². The van der Waals surface area contributed by atoms with Crippen molar-refractivity contribution in [3.63, 3.8) is 0 Å².